The van der Waals surface area contributed by atoms with Gasteiger partial charge in [-0.1, -0.05) is 30.3 Å². The molecule has 0 unspecified atom stereocenters. The van der Waals surface area contributed by atoms with E-state index in [9.17, 15) is 0 Å². The molecule has 0 atom stereocenters. The van der Waals surface area contributed by atoms with Crippen LogP contribution in [-0.4, -0.2) is 30.4 Å². The molecule has 2 heterocycles. The molecule has 0 fully saturated rings. The fourth-order valence-electron chi connectivity index (χ4n) is 1.40. The van der Waals surface area contributed by atoms with Crippen LogP contribution in [0.3, 0.4) is 0 Å². The first-order valence-electron chi connectivity index (χ1n) is 4.77. The van der Waals surface area contributed by atoms with Gasteiger partial charge in [0.2, 0.25) is 0 Å². The number of aromatic amines is 2. The van der Waals surface area contributed by atoms with Crippen LogP contribution in [0.2, 0.25) is 0 Å². The molecule has 0 spiro atoms. The smallest absolute Gasteiger partial charge is 0.193 e. The lowest BCUT2D eigenvalue weighted by atomic mass is 10.2. The van der Waals surface area contributed by atoms with Gasteiger partial charge in [0.15, 0.2) is 17.5 Å². The lowest BCUT2D eigenvalue weighted by molar-refractivity contribution is 1.05. The molecule has 16 heavy (non-hydrogen) atoms. The van der Waals surface area contributed by atoms with E-state index in [2.05, 4.69) is 30.4 Å². The lowest BCUT2D eigenvalue weighted by Gasteiger charge is -1.91. The topological polar surface area (TPSA) is 83.1 Å². The van der Waals surface area contributed by atoms with Gasteiger partial charge in [0.1, 0.15) is 6.33 Å². The van der Waals surface area contributed by atoms with Crippen molar-refractivity contribution in [1.29, 1.82) is 0 Å². The van der Waals surface area contributed by atoms with Crippen LogP contribution in [0, 0.1) is 0 Å². The Labute approximate surface area is 90.8 Å². The van der Waals surface area contributed by atoms with Crippen molar-refractivity contribution in [3.8, 4) is 23.0 Å². The minimum absolute atomic E-state index is 0.578. The number of hydrogen-bond donors (Lipinski definition) is 2. The average molecular weight is 212 g/mol. The molecule has 0 radical (unpaired) electrons. The lowest BCUT2D eigenvalue weighted by Crippen LogP contribution is -1.83. The van der Waals surface area contributed by atoms with Gasteiger partial charge in [-0.05, 0) is 0 Å². The Morgan fingerprint density at radius 1 is 0.938 bits per heavy atom. The van der Waals surface area contributed by atoms with Gasteiger partial charge in [-0.25, -0.2) is 9.97 Å². The van der Waals surface area contributed by atoms with Crippen LogP contribution < -0.4 is 0 Å². The summed E-state index contributed by atoms with van der Waals surface area (Å²) in [4.78, 5) is 8.32. The van der Waals surface area contributed by atoms with Gasteiger partial charge in [0.25, 0.3) is 0 Å². The molecular formula is C10H8N6. The molecule has 6 heteroatoms. The number of benzene rings is 1. The van der Waals surface area contributed by atoms with E-state index in [-0.39, 0.29) is 0 Å². The zero-order valence-corrected chi connectivity index (χ0v) is 8.25. The standard InChI is InChI=1S/C10H8N6/c1-2-4-7(5-3-1)8-13-10(16-15-8)9-11-6-12-14-9/h1-6H,(H,11,12,14)(H,13,15,16). The molecule has 0 bridgehead atoms. The van der Waals surface area contributed by atoms with E-state index in [0.29, 0.717) is 17.5 Å². The highest BCUT2D eigenvalue weighted by Crippen LogP contribution is 2.16. The molecule has 0 amide bonds. The number of H-pyrrole nitrogens is 2. The van der Waals surface area contributed by atoms with Crippen LogP contribution in [0.4, 0.5) is 0 Å². The number of nitrogens with one attached hydrogen (secondary N) is 2. The quantitative estimate of drug-likeness (QED) is 0.669. The van der Waals surface area contributed by atoms with E-state index < -0.39 is 0 Å². The van der Waals surface area contributed by atoms with E-state index in [1.165, 1.54) is 6.33 Å². The number of rotatable bonds is 2. The summed E-state index contributed by atoms with van der Waals surface area (Å²) in [5.41, 5.74) is 0.963. The van der Waals surface area contributed by atoms with Crippen molar-refractivity contribution in [1.82, 2.24) is 30.4 Å². The van der Waals surface area contributed by atoms with Gasteiger partial charge in [-0.3, -0.25) is 10.2 Å². The predicted octanol–water partition coefficient (Wildman–Crippen LogP) is 1.26. The summed E-state index contributed by atoms with van der Waals surface area (Å²) in [7, 11) is 0. The third-order valence-electron chi connectivity index (χ3n) is 2.16. The first kappa shape index (κ1) is 8.78. The summed E-state index contributed by atoms with van der Waals surface area (Å²) in [5.74, 6) is 1.80. The van der Waals surface area contributed by atoms with Crippen molar-refractivity contribution in [3.63, 3.8) is 0 Å². The van der Waals surface area contributed by atoms with Crippen molar-refractivity contribution in [2.75, 3.05) is 0 Å². The second-order valence-corrected chi connectivity index (χ2v) is 3.21. The summed E-state index contributed by atoms with van der Waals surface area (Å²) in [6, 6.07) is 9.74. The molecule has 78 valence electrons. The molecule has 6 nitrogen and oxygen atoms in total. The molecule has 2 aromatic heterocycles. The Morgan fingerprint density at radius 3 is 2.56 bits per heavy atom. The van der Waals surface area contributed by atoms with Gasteiger partial charge >= 0.3 is 0 Å². The maximum atomic E-state index is 4.32. The monoisotopic (exact) mass is 212 g/mol. The number of nitrogens with zero attached hydrogens (tertiary/aromatic N) is 4. The van der Waals surface area contributed by atoms with Crippen LogP contribution in [-0.2, 0) is 0 Å². The first-order chi connectivity index (χ1) is 7.93. The third-order valence-corrected chi connectivity index (χ3v) is 2.16. The van der Waals surface area contributed by atoms with Gasteiger partial charge in [0.05, 0.1) is 0 Å². The molecule has 0 aliphatic carbocycles. The van der Waals surface area contributed by atoms with Crippen molar-refractivity contribution in [2.24, 2.45) is 0 Å². The first-order valence-corrected chi connectivity index (χ1v) is 4.77. The molecule has 0 saturated heterocycles. The predicted molar refractivity (Wildman–Crippen MR) is 57.2 cm³/mol. The Hall–Kier alpha value is -2.50. The summed E-state index contributed by atoms with van der Waals surface area (Å²) in [5, 5.41) is 13.4. The van der Waals surface area contributed by atoms with Gasteiger partial charge in [-0.15, -0.1) is 0 Å². The Morgan fingerprint density at radius 2 is 1.81 bits per heavy atom. The van der Waals surface area contributed by atoms with E-state index in [1.807, 2.05) is 30.3 Å². The third kappa shape index (κ3) is 1.46. The summed E-state index contributed by atoms with van der Waals surface area (Å²) < 4.78 is 0. The van der Waals surface area contributed by atoms with Gasteiger partial charge in [-0.2, -0.15) is 10.2 Å². The van der Waals surface area contributed by atoms with E-state index in [1.54, 1.807) is 0 Å². The SMILES string of the molecule is c1ccc(-c2n[nH]c(-c3ncn[nH]3)n2)cc1. The van der Waals surface area contributed by atoms with Crippen molar-refractivity contribution < 1.29 is 0 Å². The highest BCUT2D eigenvalue weighted by Gasteiger charge is 2.08. The number of aromatic nitrogens is 6. The van der Waals surface area contributed by atoms with E-state index in [0.717, 1.165) is 5.56 Å². The van der Waals surface area contributed by atoms with Crippen LogP contribution in [0.25, 0.3) is 23.0 Å². The molecule has 3 aromatic rings. The molecular weight excluding hydrogens is 204 g/mol. The van der Waals surface area contributed by atoms with Crippen molar-refractivity contribution >= 4 is 0 Å². The Kier molecular flexibility index (Phi) is 1.96. The average Bonchev–Trinajstić information content (AvgIpc) is 3.01. The van der Waals surface area contributed by atoms with Gasteiger partial charge in [0, 0.05) is 5.56 Å². The van der Waals surface area contributed by atoms with Crippen molar-refractivity contribution in [2.45, 2.75) is 0 Å². The summed E-state index contributed by atoms with van der Waals surface area (Å²) in [6.45, 7) is 0. The molecule has 2 N–H and O–H groups in total. The highest BCUT2D eigenvalue weighted by atomic mass is 15.3. The Balaban J connectivity index is 2.00. The molecule has 0 aliphatic rings. The normalized spacial score (nSPS) is 10.5. The highest BCUT2D eigenvalue weighted by molar-refractivity contribution is 5.57. The second-order valence-electron chi connectivity index (χ2n) is 3.21. The number of hydrogen-bond acceptors (Lipinski definition) is 4. The van der Waals surface area contributed by atoms with Gasteiger partial charge < -0.3 is 0 Å². The molecule has 1 aromatic carbocycles. The maximum absolute atomic E-state index is 4.32. The fraction of sp³-hybridized carbons (Fsp3) is 0. The van der Waals surface area contributed by atoms with Crippen LogP contribution in [0.1, 0.15) is 0 Å². The molecule has 0 aliphatic heterocycles. The van der Waals surface area contributed by atoms with Crippen molar-refractivity contribution in [3.05, 3.63) is 36.7 Å². The van der Waals surface area contributed by atoms with E-state index >= 15 is 0 Å². The van der Waals surface area contributed by atoms with E-state index in [4.69, 9.17) is 0 Å². The summed E-state index contributed by atoms with van der Waals surface area (Å²) in [6.07, 6.45) is 1.43. The minimum atomic E-state index is 0.578. The largest absolute Gasteiger partial charge is 0.257 e. The maximum Gasteiger partial charge on any atom is 0.193 e. The second kappa shape index (κ2) is 3.58. The van der Waals surface area contributed by atoms with Crippen LogP contribution >= 0.6 is 0 Å². The zero-order valence-electron chi connectivity index (χ0n) is 8.25. The minimum Gasteiger partial charge on any atom is -0.257 e. The zero-order chi connectivity index (χ0) is 10.8. The molecule has 3 rings (SSSR count). The fourth-order valence-corrected chi connectivity index (χ4v) is 1.40. The Bertz CT molecular complexity index is 568. The van der Waals surface area contributed by atoms with Crippen LogP contribution in [0.15, 0.2) is 36.7 Å². The summed E-state index contributed by atoms with van der Waals surface area (Å²) >= 11 is 0. The molecule has 0 saturated carbocycles. The van der Waals surface area contributed by atoms with Crippen LogP contribution in [0.5, 0.6) is 0 Å².